The molecule has 1 fully saturated rings. The van der Waals surface area contributed by atoms with E-state index in [2.05, 4.69) is 15.0 Å². The molecule has 1 saturated heterocycles. The number of pyridine rings is 1. The van der Waals surface area contributed by atoms with Gasteiger partial charge in [-0.3, -0.25) is 4.90 Å². The molecule has 8 heteroatoms. The van der Waals surface area contributed by atoms with Gasteiger partial charge in [0.05, 0.1) is 19.3 Å². The SMILES string of the molecule is CC.Cc1ccc(NC(=O)N(c2ccccc2C(C)C)C2COC2)c(OC(F)F)n1. The third kappa shape index (κ3) is 5.66. The summed E-state index contributed by atoms with van der Waals surface area (Å²) in [6.07, 6.45) is 0. The number of anilines is 2. The number of benzene rings is 1. The molecule has 2 aromatic rings. The first-order valence-corrected chi connectivity index (χ1v) is 10.1. The fourth-order valence-corrected chi connectivity index (χ4v) is 3.02. The van der Waals surface area contributed by atoms with E-state index in [0.717, 1.165) is 11.3 Å². The molecule has 0 bridgehead atoms. The number of aryl methyl sites for hydroxylation is 1. The van der Waals surface area contributed by atoms with Gasteiger partial charge in [0, 0.05) is 11.4 Å². The van der Waals surface area contributed by atoms with Crippen LogP contribution in [0.1, 0.15) is 44.9 Å². The first-order valence-electron chi connectivity index (χ1n) is 10.1. The zero-order chi connectivity index (χ0) is 22.3. The van der Waals surface area contributed by atoms with Crippen LogP contribution in [0.4, 0.5) is 25.0 Å². The Morgan fingerprint density at radius 2 is 1.87 bits per heavy atom. The zero-order valence-electron chi connectivity index (χ0n) is 18.0. The first-order chi connectivity index (χ1) is 14.4. The Kier molecular flexibility index (Phi) is 8.53. The maximum absolute atomic E-state index is 13.1. The number of nitrogens with zero attached hydrogens (tertiary/aromatic N) is 2. The number of alkyl halides is 2. The molecule has 2 heterocycles. The second kappa shape index (κ2) is 10.9. The van der Waals surface area contributed by atoms with Crippen molar-refractivity contribution in [1.82, 2.24) is 4.98 Å². The summed E-state index contributed by atoms with van der Waals surface area (Å²) in [5, 5.41) is 2.67. The van der Waals surface area contributed by atoms with E-state index in [-0.39, 0.29) is 23.5 Å². The standard InChI is InChI=1S/C20H23F2N3O3.C2H6/c1-12(2)15-6-4-5-7-17(15)25(14-10-27-11-14)20(26)24-16-9-8-13(3)23-18(16)28-19(21)22;1-2/h4-9,12,14,19H,10-11H2,1-3H3,(H,24,26);1-2H3. The maximum Gasteiger partial charge on any atom is 0.388 e. The topological polar surface area (TPSA) is 63.7 Å². The average Bonchev–Trinajstić information content (AvgIpc) is 2.67. The molecular weight excluding hydrogens is 392 g/mol. The molecule has 0 aliphatic carbocycles. The summed E-state index contributed by atoms with van der Waals surface area (Å²) in [5.41, 5.74) is 2.36. The van der Waals surface area contributed by atoms with Gasteiger partial charge in [-0.05, 0) is 36.6 Å². The normalized spacial score (nSPS) is 13.4. The summed E-state index contributed by atoms with van der Waals surface area (Å²) in [7, 11) is 0. The number of ether oxygens (including phenoxy) is 2. The fourth-order valence-electron chi connectivity index (χ4n) is 3.02. The van der Waals surface area contributed by atoms with Gasteiger partial charge in [-0.1, -0.05) is 45.9 Å². The number of para-hydroxylation sites is 1. The Hall–Kier alpha value is -2.74. The number of carbonyl (C=O) groups excluding carboxylic acids is 1. The van der Waals surface area contributed by atoms with Crippen LogP contribution in [0.3, 0.4) is 0 Å². The van der Waals surface area contributed by atoms with E-state index < -0.39 is 12.6 Å². The van der Waals surface area contributed by atoms with Crippen molar-refractivity contribution < 1.29 is 23.0 Å². The lowest BCUT2D eigenvalue weighted by Crippen LogP contribution is -2.53. The van der Waals surface area contributed by atoms with E-state index >= 15 is 0 Å². The van der Waals surface area contributed by atoms with Gasteiger partial charge in [-0.25, -0.2) is 9.78 Å². The van der Waals surface area contributed by atoms with Gasteiger partial charge >= 0.3 is 12.6 Å². The summed E-state index contributed by atoms with van der Waals surface area (Å²) in [5.74, 6) is -0.114. The van der Waals surface area contributed by atoms with Crippen molar-refractivity contribution in [3.05, 3.63) is 47.7 Å². The Balaban J connectivity index is 0.00000155. The molecule has 0 atom stereocenters. The lowest BCUT2D eigenvalue weighted by atomic mass is 9.99. The van der Waals surface area contributed by atoms with Crippen molar-refractivity contribution in [1.29, 1.82) is 0 Å². The third-order valence-electron chi connectivity index (χ3n) is 4.46. The van der Waals surface area contributed by atoms with Crippen molar-refractivity contribution in [2.75, 3.05) is 23.4 Å². The summed E-state index contributed by atoms with van der Waals surface area (Å²) >= 11 is 0. The molecule has 2 amide bonds. The molecular formula is C22H29F2N3O3. The summed E-state index contributed by atoms with van der Waals surface area (Å²) in [6, 6.07) is 10.2. The zero-order valence-corrected chi connectivity index (χ0v) is 18.0. The number of aromatic nitrogens is 1. The third-order valence-corrected chi connectivity index (χ3v) is 4.46. The Morgan fingerprint density at radius 3 is 2.43 bits per heavy atom. The van der Waals surface area contributed by atoms with E-state index in [1.165, 1.54) is 6.07 Å². The van der Waals surface area contributed by atoms with E-state index in [4.69, 9.17) is 4.74 Å². The predicted octanol–water partition coefficient (Wildman–Crippen LogP) is 5.58. The highest BCUT2D eigenvalue weighted by Gasteiger charge is 2.33. The van der Waals surface area contributed by atoms with Gasteiger partial charge < -0.3 is 14.8 Å². The number of urea groups is 1. The second-order valence-electron chi connectivity index (χ2n) is 6.89. The molecule has 1 aromatic carbocycles. The Labute approximate surface area is 176 Å². The average molecular weight is 421 g/mol. The van der Waals surface area contributed by atoms with Crippen LogP contribution in [0.2, 0.25) is 0 Å². The minimum Gasteiger partial charge on any atom is -0.415 e. The van der Waals surface area contributed by atoms with Gasteiger partial charge in [0.2, 0.25) is 5.88 Å². The Morgan fingerprint density at radius 1 is 1.20 bits per heavy atom. The van der Waals surface area contributed by atoms with Crippen LogP contribution in [0.25, 0.3) is 0 Å². The van der Waals surface area contributed by atoms with E-state index in [0.29, 0.717) is 18.9 Å². The largest absolute Gasteiger partial charge is 0.415 e. The van der Waals surface area contributed by atoms with Crippen LogP contribution >= 0.6 is 0 Å². The van der Waals surface area contributed by atoms with Gasteiger partial charge in [0.15, 0.2) is 0 Å². The van der Waals surface area contributed by atoms with Crippen LogP contribution in [0, 0.1) is 6.92 Å². The highest BCUT2D eigenvalue weighted by atomic mass is 19.3. The number of halogens is 2. The van der Waals surface area contributed by atoms with E-state index in [1.807, 2.05) is 52.0 Å². The lowest BCUT2D eigenvalue weighted by Gasteiger charge is -2.38. The summed E-state index contributed by atoms with van der Waals surface area (Å²) in [6.45, 7) is 7.53. The number of hydrogen-bond acceptors (Lipinski definition) is 4. The first kappa shape index (κ1) is 23.5. The highest BCUT2D eigenvalue weighted by molar-refractivity contribution is 6.03. The second-order valence-corrected chi connectivity index (χ2v) is 6.89. The van der Waals surface area contributed by atoms with Crippen molar-refractivity contribution in [2.45, 2.75) is 53.2 Å². The Bertz CT molecular complexity index is 842. The molecule has 0 saturated carbocycles. The van der Waals surface area contributed by atoms with Gasteiger partial charge in [-0.15, -0.1) is 0 Å². The van der Waals surface area contributed by atoms with Crippen LogP contribution in [-0.4, -0.2) is 36.9 Å². The van der Waals surface area contributed by atoms with Crippen LogP contribution in [0.5, 0.6) is 5.88 Å². The van der Waals surface area contributed by atoms with Gasteiger partial charge in [0.1, 0.15) is 5.69 Å². The van der Waals surface area contributed by atoms with Gasteiger partial charge in [-0.2, -0.15) is 8.78 Å². The quantitative estimate of drug-likeness (QED) is 0.662. The maximum atomic E-state index is 13.1. The molecule has 3 rings (SSSR count). The number of rotatable bonds is 6. The fraction of sp³-hybridized carbons (Fsp3) is 0.455. The number of hydrogen-bond donors (Lipinski definition) is 1. The van der Waals surface area contributed by atoms with Crippen molar-refractivity contribution in [3.63, 3.8) is 0 Å². The minimum absolute atomic E-state index is 0.0863. The van der Waals surface area contributed by atoms with Crippen molar-refractivity contribution in [3.8, 4) is 5.88 Å². The predicted molar refractivity (Wildman–Crippen MR) is 114 cm³/mol. The number of carbonyl (C=O) groups is 1. The number of amides is 2. The van der Waals surface area contributed by atoms with E-state index in [1.54, 1.807) is 17.9 Å². The molecule has 0 spiro atoms. The van der Waals surface area contributed by atoms with E-state index in [9.17, 15) is 13.6 Å². The molecule has 1 aromatic heterocycles. The van der Waals surface area contributed by atoms with Crippen molar-refractivity contribution >= 4 is 17.4 Å². The van der Waals surface area contributed by atoms with Crippen LogP contribution in [-0.2, 0) is 4.74 Å². The molecule has 0 radical (unpaired) electrons. The molecule has 6 nitrogen and oxygen atoms in total. The van der Waals surface area contributed by atoms with Crippen LogP contribution in [0.15, 0.2) is 36.4 Å². The lowest BCUT2D eigenvalue weighted by molar-refractivity contribution is -0.0523. The van der Waals surface area contributed by atoms with Gasteiger partial charge in [0.25, 0.3) is 0 Å². The van der Waals surface area contributed by atoms with Crippen molar-refractivity contribution in [2.24, 2.45) is 0 Å². The molecule has 0 unspecified atom stereocenters. The molecule has 1 aliphatic rings. The number of nitrogens with one attached hydrogen (secondary N) is 1. The highest BCUT2D eigenvalue weighted by Crippen LogP contribution is 2.32. The molecule has 164 valence electrons. The molecule has 1 aliphatic heterocycles. The molecule has 30 heavy (non-hydrogen) atoms. The van der Waals surface area contributed by atoms with Crippen LogP contribution < -0.4 is 15.0 Å². The molecule has 1 N–H and O–H groups in total. The summed E-state index contributed by atoms with van der Waals surface area (Å²) in [4.78, 5) is 18.7. The summed E-state index contributed by atoms with van der Waals surface area (Å²) < 4.78 is 35.2. The smallest absolute Gasteiger partial charge is 0.388 e. The minimum atomic E-state index is -3.04. The monoisotopic (exact) mass is 421 g/mol.